The topological polar surface area (TPSA) is 118 Å². The molecule has 0 saturated carbocycles. The largest absolute Gasteiger partial charge is 0.497 e. The van der Waals surface area contributed by atoms with E-state index in [0.717, 1.165) is 5.56 Å². The molecule has 0 spiro atoms. The number of amides is 3. The van der Waals surface area contributed by atoms with Gasteiger partial charge < -0.3 is 20.1 Å². The highest BCUT2D eigenvalue weighted by Crippen LogP contribution is 2.17. The van der Waals surface area contributed by atoms with Gasteiger partial charge in [-0.2, -0.15) is 5.10 Å². The van der Waals surface area contributed by atoms with Gasteiger partial charge in [-0.3, -0.25) is 14.4 Å². The number of nitrogens with zero attached hydrogens (tertiary/aromatic N) is 1. The van der Waals surface area contributed by atoms with Crippen LogP contribution in [0, 0.1) is 0 Å². The number of hydrogen-bond acceptors (Lipinski definition) is 6. The first-order chi connectivity index (χ1) is 16.5. The fraction of sp³-hybridized carbons (Fsp3) is 0.120. The molecule has 0 bridgehead atoms. The fourth-order valence-electron chi connectivity index (χ4n) is 2.80. The molecule has 34 heavy (non-hydrogen) atoms. The average molecular weight is 460 g/mol. The van der Waals surface area contributed by atoms with Crippen LogP contribution in [0.15, 0.2) is 84.0 Å². The van der Waals surface area contributed by atoms with Crippen LogP contribution < -0.4 is 25.5 Å². The van der Waals surface area contributed by atoms with E-state index in [1.807, 2.05) is 30.3 Å². The number of hydrazone groups is 1. The maximum Gasteiger partial charge on any atom is 0.329 e. The number of ether oxygens (including phenoxy) is 2. The van der Waals surface area contributed by atoms with Crippen molar-refractivity contribution in [2.45, 2.75) is 6.54 Å². The standard InChI is InChI=1S/C25H24N4O5/c1-33-21-13-11-20(12-14-21)28-23(30)17-34-22-10-6-5-9-19(22)16-27-29-25(32)24(31)26-15-18-7-3-2-4-8-18/h2-14,16H,15,17H2,1H3,(H,26,31)(H,28,30)(H,29,32)/b27-16-. The molecule has 0 aliphatic rings. The lowest BCUT2D eigenvalue weighted by Crippen LogP contribution is -2.37. The Balaban J connectivity index is 1.48. The van der Waals surface area contributed by atoms with Crippen LogP contribution in [-0.4, -0.2) is 37.7 Å². The summed E-state index contributed by atoms with van der Waals surface area (Å²) in [4.78, 5) is 36.0. The lowest BCUT2D eigenvalue weighted by atomic mass is 10.2. The second-order valence-electron chi connectivity index (χ2n) is 6.97. The van der Waals surface area contributed by atoms with E-state index >= 15 is 0 Å². The van der Waals surface area contributed by atoms with Crippen LogP contribution in [0.2, 0.25) is 0 Å². The van der Waals surface area contributed by atoms with Crippen LogP contribution in [0.3, 0.4) is 0 Å². The molecule has 9 nitrogen and oxygen atoms in total. The van der Waals surface area contributed by atoms with Gasteiger partial charge in [0.25, 0.3) is 5.91 Å². The summed E-state index contributed by atoms with van der Waals surface area (Å²) in [5, 5.41) is 9.05. The maximum atomic E-state index is 12.2. The van der Waals surface area contributed by atoms with Gasteiger partial charge in [0.05, 0.1) is 13.3 Å². The van der Waals surface area contributed by atoms with Crippen LogP contribution >= 0.6 is 0 Å². The molecule has 3 aromatic rings. The Morgan fingerprint density at radius 1 is 0.882 bits per heavy atom. The van der Waals surface area contributed by atoms with Gasteiger partial charge in [-0.1, -0.05) is 42.5 Å². The van der Waals surface area contributed by atoms with Crippen molar-refractivity contribution in [3.63, 3.8) is 0 Å². The number of rotatable bonds is 9. The van der Waals surface area contributed by atoms with E-state index in [1.165, 1.54) is 6.21 Å². The lowest BCUT2D eigenvalue weighted by molar-refractivity contribution is -0.139. The summed E-state index contributed by atoms with van der Waals surface area (Å²) in [6.45, 7) is -0.00277. The second kappa shape index (κ2) is 12.4. The molecule has 0 saturated heterocycles. The van der Waals surface area contributed by atoms with Gasteiger partial charge >= 0.3 is 11.8 Å². The monoisotopic (exact) mass is 460 g/mol. The van der Waals surface area contributed by atoms with Gasteiger partial charge in [0, 0.05) is 17.8 Å². The highest BCUT2D eigenvalue weighted by atomic mass is 16.5. The molecule has 3 N–H and O–H groups in total. The number of anilines is 1. The minimum atomic E-state index is -0.899. The predicted octanol–water partition coefficient (Wildman–Crippen LogP) is 2.48. The summed E-state index contributed by atoms with van der Waals surface area (Å²) in [6, 6.07) is 23.0. The Morgan fingerprint density at radius 2 is 1.59 bits per heavy atom. The summed E-state index contributed by atoms with van der Waals surface area (Å²) in [7, 11) is 1.56. The van der Waals surface area contributed by atoms with Gasteiger partial charge in [-0.15, -0.1) is 0 Å². The fourth-order valence-corrected chi connectivity index (χ4v) is 2.80. The van der Waals surface area contributed by atoms with E-state index in [4.69, 9.17) is 9.47 Å². The highest BCUT2D eigenvalue weighted by molar-refractivity contribution is 6.35. The number of para-hydroxylation sites is 1. The smallest absolute Gasteiger partial charge is 0.329 e. The van der Waals surface area contributed by atoms with E-state index < -0.39 is 11.8 Å². The van der Waals surface area contributed by atoms with Crippen LogP contribution in [0.25, 0.3) is 0 Å². The van der Waals surface area contributed by atoms with Crippen molar-refractivity contribution in [1.29, 1.82) is 0 Å². The quantitative estimate of drug-likeness (QED) is 0.258. The van der Waals surface area contributed by atoms with Crippen molar-refractivity contribution in [3.05, 3.63) is 90.0 Å². The Kier molecular flexibility index (Phi) is 8.75. The molecule has 3 aromatic carbocycles. The number of nitrogens with one attached hydrogen (secondary N) is 3. The number of carbonyl (C=O) groups is 3. The van der Waals surface area contributed by atoms with Crippen molar-refractivity contribution in [1.82, 2.24) is 10.7 Å². The van der Waals surface area contributed by atoms with Crippen LogP contribution in [0.5, 0.6) is 11.5 Å². The SMILES string of the molecule is COc1ccc(NC(=O)COc2ccccc2/C=N\NC(=O)C(=O)NCc2ccccc2)cc1. The Labute approximate surface area is 196 Å². The Morgan fingerprint density at radius 3 is 2.32 bits per heavy atom. The molecule has 0 radical (unpaired) electrons. The number of hydrogen-bond donors (Lipinski definition) is 3. The minimum absolute atomic E-state index is 0.228. The zero-order chi connectivity index (χ0) is 24.2. The molecule has 0 aliphatic carbocycles. The predicted molar refractivity (Wildman–Crippen MR) is 128 cm³/mol. The first-order valence-electron chi connectivity index (χ1n) is 10.4. The van der Waals surface area contributed by atoms with Crippen molar-refractivity contribution in [2.75, 3.05) is 19.0 Å². The van der Waals surface area contributed by atoms with Gasteiger partial charge in [0.2, 0.25) is 0 Å². The molecule has 9 heteroatoms. The lowest BCUT2D eigenvalue weighted by Gasteiger charge is -2.10. The van der Waals surface area contributed by atoms with E-state index in [-0.39, 0.29) is 19.1 Å². The van der Waals surface area contributed by atoms with Gasteiger partial charge in [0.1, 0.15) is 11.5 Å². The van der Waals surface area contributed by atoms with Crippen molar-refractivity contribution < 1.29 is 23.9 Å². The van der Waals surface area contributed by atoms with Gasteiger partial charge in [-0.05, 0) is 42.0 Å². The normalized spacial score (nSPS) is 10.4. The van der Waals surface area contributed by atoms with Gasteiger partial charge in [-0.25, -0.2) is 5.43 Å². The summed E-state index contributed by atoms with van der Waals surface area (Å²) in [5.74, 6) is -0.979. The van der Waals surface area contributed by atoms with Crippen molar-refractivity contribution in [2.24, 2.45) is 5.10 Å². The van der Waals surface area contributed by atoms with E-state index in [9.17, 15) is 14.4 Å². The summed E-state index contributed by atoms with van der Waals surface area (Å²) in [5.41, 5.74) is 4.17. The van der Waals surface area contributed by atoms with Crippen molar-refractivity contribution >= 4 is 29.6 Å². The minimum Gasteiger partial charge on any atom is -0.497 e. The average Bonchev–Trinajstić information content (AvgIpc) is 2.87. The maximum absolute atomic E-state index is 12.2. The first kappa shape index (κ1) is 24.0. The van der Waals surface area contributed by atoms with Crippen molar-refractivity contribution in [3.8, 4) is 11.5 Å². The van der Waals surface area contributed by atoms with Crippen LogP contribution in [0.1, 0.15) is 11.1 Å². The van der Waals surface area contributed by atoms with E-state index in [0.29, 0.717) is 22.7 Å². The molecule has 174 valence electrons. The molecule has 0 fully saturated rings. The van der Waals surface area contributed by atoms with Gasteiger partial charge in [0.15, 0.2) is 6.61 Å². The van der Waals surface area contributed by atoms with Crippen LogP contribution in [0.4, 0.5) is 5.69 Å². The summed E-state index contributed by atoms with van der Waals surface area (Å²) in [6.07, 6.45) is 1.33. The molecule has 0 aliphatic heterocycles. The molecule has 0 heterocycles. The van der Waals surface area contributed by atoms with E-state index in [2.05, 4.69) is 21.2 Å². The number of benzene rings is 3. The number of methoxy groups -OCH3 is 1. The Hall–Kier alpha value is -4.66. The molecular formula is C25H24N4O5. The Bertz CT molecular complexity index is 1150. The second-order valence-corrected chi connectivity index (χ2v) is 6.97. The van der Waals surface area contributed by atoms with E-state index in [1.54, 1.807) is 55.6 Å². The number of carbonyl (C=O) groups excluding carboxylic acids is 3. The third-order valence-corrected chi connectivity index (χ3v) is 4.52. The zero-order valence-corrected chi connectivity index (χ0v) is 18.5. The molecule has 3 rings (SSSR count). The third kappa shape index (κ3) is 7.49. The van der Waals surface area contributed by atoms with Crippen LogP contribution in [-0.2, 0) is 20.9 Å². The molecule has 0 unspecified atom stereocenters. The molecular weight excluding hydrogens is 436 g/mol. The zero-order valence-electron chi connectivity index (χ0n) is 18.5. The summed E-state index contributed by atoms with van der Waals surface area (Å²) >= 11 is 0. The highest BCUT2D eigenvalue weighted by Gasteiger charge is 2.12. The molecule has 0 atom stereocenters. The molecule has 3 amide bonds. The molecule has 0 aromatic heterocycles. The third-order valence-electron chi connectivity index (χ3n) is 4.52. The first-order valence-corrected chi connectivity index (χ1v) is 10.4. The summed E-state index contributed by atoms with van der Waals surface area (Å²) < 4.78 is 10.7.